The van der Waals surface area contributed by atoms with Crippen molar-refractivity contribution in [2.24, 2.45) is 0 Å². The van der Waals surface area contributed by atoms with Gasteiger partial charge in [-0.2, -0.15) is 0 Å². The van der Waals surface area contributed by atoms with E-state index in [2.05, 4.69) is 19.9 Å². The summed E-state index contributed by atoms with van der Waals surface area (Å²) in [5.74, 6) is 0.448. The molecule has 0 saturated heterocycles. The van der Waals surface area contributed by atoms with E-state index in [9.17, 15) is 10.2 Å². The van der Waals surface area contributed by atoms with E-state index >= 15 is 0 Å². The van der Waals surface area contributed by atoms with E-state index in [1.165, 1.54) is 6.33 Å². The Hall–Kier alpha value is -3.26. The van der Waals surface area contributed by atoms with Gasteiger partial charge >= 0.3 is 0 Å². The Morgan fingerprint density at radius 2 is 1.35 bits per heavy atom. The summed E-state index contributed by atoms with van der Waals surface area (Å²) in [5, 5.41) is 19.6. The van der Waals surface area contributed by atoms with Crippen molar-refractivity contribution in [3.63, 3.8) is 0 Å². The van der Waals surface area contributed by atoms with Crippen LogP contribution in [0.25, 0.3) is 33.7 Å². The first-order chi connectivity index (χ1) is 12.1. The maximum Gasteiger partial charge on any atom is 0.184 e. The molecule has 0 aliphatic carbocycles. The fourth-order valence-corrected chi connectivity index (χ4v) is 2.60. The fourth-order valence-electron chi connectivity index (χ4n) is 2.60. The molecule has 26 heavy (non-hydrogen) atoms. The van der Waals surface area contributed by atoms with Crippen LogP contribution < -0.4 is 5.73 Å². The molecule has 0 aliphatic heterocycles. The number of phenols is 2. The number of nitrogen functional groups attached to an aromatic ring is 1. The summed E-state index contributed by atoms with van der Waals surface area (Å²) in [6.45, 7) is 0. The zero-order valence-corrected chi connectivity index (χ0v) is 15.1. The van der Waals surface area contributed by atoms with Crippen molar-refractivity contribution in [3.8, 4) is 34.0 Å². The summed E-state index contributed by atoms with van der Waals surface area (Å²) >= 11 is 0. The standard InChI is InChI=1S/C18H13N5O2.BrH/c19-17-16-18(21-9-20-17)23-15(11-4-2-6-13(25)8-11)14(22-16)10-3-1-5-12(24)7-10;/h1-9,24-25H,(H2,19,20,21,23);1H. The lowest BCUT2D eigenvalue weighted by atomic mass is 10.0. The Morgan fingerprint density at radius 3 is 1.92 bits per heavy atom. The molecule has 0 unspecified atom stereocenters. The van der Waals surface area contributed by atoms with E-state index in [0.29, 0.717) is 33.7 Å². The van der Waals surface area contributed by atoms with Crippen LogP contribution in [-0.4, -0.2) is 30.1 Å². The highest BCUT2D eigenvalue weighted by Crippen LogP contribution is 2.33. The van der Waals surface area contributed by atoms with Crippen molar-refractivity contribution in [2.75, 3.05) is 5.73 Å². The number of nitrogens with two attached hydrogens (primary N) is 1. The van der Waals surface area contributed by atoms with Crippen molar-refractivity contribution >= 4 is 34.0 Å². The maximum absolute atomic E-state index is 9.81. The van der Waals surface area contributed by atoms with Crippen LogP contribution in [0, 0.1) is 0 Å². The van der Waals surface area contributed by atoms with Gasteiger partial charge in [0.15, 0.2) is 17.0 Å². The number of hydrogen-bond donors (Lipinski definition) is 3. The minimum Gasteiger partial charge on any atom is -0.508 e. The molecule has 0 bridgehead atoms. The van der Waals surface area contributed by atoms with Crippen molar-refractivity contribution in [2.45, 2.75) is 0 Å². The van der Waals surface area contributed by atoms with E-state index in [-0.39, 0.29) is 34.3 Å². The van der Waals surface area contributed by atoms with Gasteiger partial charge in [0.05, 0.1) is 11.4 Å². The van der Waals surface area contributed by atoms with Gasteiger partial charge in [-0.25, -0.2) is 19.9 Å². The van der Waals surface area contributed by atoms with Gasteiger partial charge in [0, 0.05) is 11.1 Å². The number of hydrogen-bond acceptors (Lipinski definition) is 7. The van der Waals surface area contributed by atoms with Crippen molar-refractivity contribution in [3.05, 3.63) is 54.9 Å². The topological polar surface area (TPSA) is 118 Å². The number of anilines is 1. The minimum atomic E-state index is 0. The Morgan fingerprint density at radius 1 is 0.769 bits per heavy atom. The van der Waals surface area contributed by atoms with Crippen LogP contribution in [0.1, 0.15) is 0 Å². The van der Waals surface area contributed by atoms with Crippen LogP contribution in [0.5, 0.6) is 11.5 Å². The Kier molecular flexibility index (Phi) is 4.68. The van der Waals surface area contributed by atoms with Crippen molar-refractivity contribution in [1.82, 2.24) is 19.9 Å². The van der Waals surface area contributed by atoms with Crippen molar-refractivity contribution in [1.29, 1.82) is 0 Å². The van der Waals surface area contributed by atoms with E-state index < -0.39 is 0 Å². The van der Waals surface area contributed by atoms with Crippen LogP contribution in [-0.2, 0) is 0 Å². The molecule has 0 atom stereocenters. The normalized spacial score (nSPS) is 10.5. The lowest BCUT2D eigenvalue weighted by molar-refractivity contribution is 0.475. The predicted molar refractivity (Wildman–Crippen MR) is 104 cm³/mol. The second kappa shape index (κ2) is 6.93. The van der Waals surface area contributed by atoms with E-state index in [0.717, 1.165) is 0 Å². The molecule has 130 valence electrons. The van der Waals surface area contributed by atoms with Crippen LogP contribution in [0.15, 0.2) is 54.9 Å². The Bertz CT molecular complexity index is 1100. The molecular weight excluding hydrogens is 398 g/mol. The molecule has 0 saturated carbocycles. The molecule has 2 heterocycles. The van der Waals surface area contributed by atoms with E-state index in [1.807, 2.05) is 12.1 Å². The minimum absolute atomic E-state index is 0. The summed E-state index contributed by atoms with van der Waals surface area (Å²) in [6.07, 6.45) is 1.33. The first-order valence-corrected chi connectivity index (χ1v) is 7.49. The zero-order chi connectivity index (χ0) is 17.4. The average molecular weight is 412 g/mol. The Labute approximate surface area is 159 Å². The molecule has 0 spiro atoms. The number of aromatic hydroxyl groups is 2. The maximum atomic E-state index is 9.81. The highest BCUT2D eigenvalue weighted by molar-refractivity contribution is 8.93. The molecule has 0 radical (unpaired) electrons. The molecule has 0 fully saturated rings. The van der Waals surface area contributed by atoms with E-state index in [1.54, 1.807) is 36.4 Å². The summed E-state index contributed by atoms with van der Waals surface area (Å²) in [7, 11) is 0. The lowest BCUT2D eigenvalue weighted by Crippen LogP contribution is -2.01. The summed E-state index contributed by atoms with van der Waals surface area (Å²) in [4.78, 5) is 17.2. The number of halogens is 1. The zero-order valence-electron chi connectivity index (χ0n) is 13.4. The molecule has 2 aromatic carbocycles. The number of nitrogens with zero attached hydrogens (tertiary/aromatic N) is 4. The SMILES string of the molecule is Br.Nc1ncnc2nc(-c3cccc(O)c3)c(-c3cccc(O)c3)nc12. The molecular formula is C18H14BrN5O2. The lowest BCUT2D eigenvalue weighted by Gasteiger charge is -2.11. The molecule has 7 nitrogen and oxygen atoms in total. The number of fused-ring (bicyclic) bond motifs is 1. The van der Waals surface area contributed by atoms with Gasteiger partial charge in [0.2, 0.25) is 0 Å². The molecule has 2 aromatic heterocycles. The first-order valence-electron chi connectivity index (χ1n) is 7.49. The van der Waals surface area contributed by atoms with Gasteiger partial charge in [-0.15, -0.1) is 17.0 Å². The monoisotopic (exact) mass is 411 g/mol. The number of phenolic OH excluding ortho intramolecular Hbond substituents is 2. The fraction of sp³-hybridized carbons (Fsp3) is 0. The summed E-state index contributed by atoms with van der Waals surface area (Å²) in [6, 6.07) is 13.4. The molecule has 0 aliphatic rings. The van der Waals surface area contributed by atoms with E-state index in [4.69, 9.17) is 5.73 Å². The van der Waals surface area contributed by atoms with Crippen molar-refractivity contribution < 1.29 is 10.2 Å². The van der Waals surface area contributed by atoms with Crippen LogP contribution in [0.4, 0.5) is 5.82 Å². The third-order valence-corrected chi connectivity index (χ3v) is 3.74. The third kappa shape index (κ3) is 3.14. The van der Waals surface area contributed by atoms with Gasteiger partial charge < -0.3 is 15.9 Å². The van der Waals surface area contributed by atoms with Crippen LogP contribution >= 0.6 is 17.0 Å². The van der Waals surface area contributed by atoms with Crippen LogP contribution in [0.3, 0.4) is 0 Å². The first kappa shape index (κ1) is 17.6. The van der Waals surface area contributed by atoms with Gasteiger partial charge in [-0.3, -0.25) is 0 Å². The second-order valence-corrected chi connectivity index (χ2v) is 5.45. The number of aromatic nitrogens is 4. The van der Waals surface area contributed by atoms with Gasteiger partial charge in [-0.05, 0) is 24.3 Å². The molecule has 0 amide bonds. The van der Waals surface area contributed by atoms with Crippen LogP contribution in [0.2, 0.25) is 0 Å². The molecule has 4 N–H and O–H groups in total. The average Bonchev–Trinajstić information content (AvgIpc) is 2.61. The smallest absolute Gasteiger partial charge is 0.184 e. The quantitative estimate of drug-likeness (QED) is 0.462. The molecule has 4 rings (SSSR count). The number of benzene rings is 2. The van der Waals surface area contributed by atoms with Gasteiger partial charge in [0.25, 0.3) is 0 Å². The largest absolute Gasteiger partial charge is 0.508 e. The number of rotatable bonds is 2. The summed E-state index contributed by atoms with van der Waals surface area (Å²) < 4.78 is 0. The Balaban J connectivity index is 0.00000196. The highest BCUT2D eigenvalue weighted by Gasteiger charge is 2.16. The highest BCUT2D eigenvalue weighted by atomic mass is 79.9. The van der Waals surface area contributed by atoms with Gasteiger partial charge in [-0.1, -0.05) is 24.3 Å². The summed E-state index contributed by atoms with van der Waals surface area (Å²) in [5.41, 5.74) is 9.00. The predicted octanol–water partition coefficient (Wildman–Crippen LogP) is 3.33. The molecule has 4 aromatic rings. The molecule has 8 heteroatoms. The third-order valence-electron chi connectivity index (χ3n) is 3.74. The second-order valence-electron chi connectivity index (χ2n) is 5.45. The van der Waals surface area contributed by atoms with Gasteiger partial charge in [0.1, 0.15) is 17.8 Å².